The fourth-order valence-corrected chi connectivity index (χ4v) is 3.94. The third-order valence-electron chi connectivity index (χ3n) is 3.85. The molecule has 1 atom stereocenters. The van der Waals surface area contributed by atoms with Crippen molar-refractivity contribution in [3.05, 3.63) is 52.5 Å². The minimum atomic E-state index is -3.67. The molecule has 0 amide bonds. The van der Waals surface area contributed by atoms with Gasteiger partial charge in [0, 0.05) is 11.1 Å². The van der Waals surface area contributed by atoms with Crippen molar-refractivity contribution in [2.45, 2.75) is 24.8 Å². The molecule has 0 aromatic heterocycles. The highest BCUT2D eigenvalue weighted by Crippen LogP contribution is 2.33. The summed E-state index contributed by atoms with van der Waals surface area (Å²) < 4.78 is 38.8. The summed E-state index contributed by atoms with van der Waals surface area (Å²) in [7, 11) is -3.67. The lowest BCUT2D eigenvalue weighted by Gasteiger charge is -2.21. The van der Waals surface area contributed by atoms with Crippen LogP contribution >= 0.6 is 11.6 Å². The van der Waals surface area contributed by atoms with Crippen LogP contribution in [-0.2, 0) is 10.0 Å². The van der Waals surface area contributed by atoms with Crippen LogP contribution in [-0.4, -0.2) is 21.6 Å². The molecule has 5 nitrogen and oxygen atoms in total. The van der Waals surface area contributed by atoms with E-state index in [9.17, 15) is 8.42 Å². The van der Waals surface area contributed by atoms with E-state index in [-0.39, 0.29) is 4.90 Å². The Bertz CT molecular complexity index is 867. The van der Waals surface area contributed by atoms with E-state index < -0.39 is 16.1 Å². The van der Waals surface area contributed by atoms with Crippen molar-refractivity contribution < 1.29 is 17.9 Å². The van der Waals surface area contributed by atoms with Gasteiger partial charge in [0.1, 0.15) is 13.2 Å². The zero-order chi connectivity index (χ0) is 17.3. The molecule has 128 valence electrons. The summed E-state index contributed by atoms with van der Waals surface area (Å²) in [5, 5.41) is 0.421. The number of halogens is 1. The maximum Gasteiger partial charge on any atom is 0.241 e. The van der Waals surface area contributed by atoms with Crippen molar-refractivity contribution in [2.75, 3.05) is 13.2 Å². The van der Waals surface area contributed by atoms with E-state index in [1.807, 2.05) is 13.0 Å². The van der Waals surface area contributed by atoms with Crippen LogP contribution in [0.2, 0.25) is 5.02 Å². The van der Waals surface area contributed by atoms with Gasteiger partial charge in [0.25, 0.3) is 0 Å². The number of ether oxygens (including phenoxy) is 2. The predicted octanol–water partition coefficient (Wildman–Crippen LogP) is 3.46. The second-order valence-electron chi connectivity index (χ2n) is 5.66. The Morgan fingerprint density at radius 3 is 2.50 bits per heavy atom. The van der Waals surface area contributed by atoms with E-state index in [4.69, 9.17) is 21.1 Å². The zero-order valence-corrected chi connectivity index (χ0v) is 14.9. The molecule has 2 aromatic rings. The molecule has 0 radical (unpaired) electrons. The monoisotopic (exact) mass is 367 g/mol. The third kappa shape index (κ3) is 3.50. The normalized spacial score (nSPS) is 15.1. The number of hydrogen-bond donors (Lipinski definition) is 1. The standard InChI is InChI=1S/C17H18ClNO4S/c1-11-3-5-14(10-15(11)18)24(20,21)19-12(2)13-4-6-16-17(9-13)23-8-7-22-16/h3-6,9-10,12,19H,7-8H2,1-2H3. The van der Waals surface area contributed by atoms with E-state index in [1.165, 1.54) is 6.07 Å². The smallest absolute Gasteiger partial charge is 0.241 e. The Hall–Kier alpha value is -1.76. The van der Waals surface area contributed by atoms with E-state index in [2.05, 4.69) is 4.72 Å². The molecule has 0 bridgehead atoms. The van der Waals surface area contributed by atoms with Gasteiger partial charge in [-0.2, -0.15) is 0 Å². The quantitative estimate of drug-likeness (QED) is 0.898. The highest BCUT2D eigenvalue weighted by Gasteiger charge is 2.21. The van der Waals surface area contributed by atoms with Crippen LogP contribution in [0, 0.1) is 6.92 Å². The zero-order valence-electron chi connectivity index (χ0n) is 13.4. The van der Waals surface area contributed by atoms with Gasteiger partial charge < -0.3 is 9.47 Å². The molecule has 1 N–H and O–H groups in total. The average Bonchev–Trinajstić information content (AvgIpc) is 2.56. The third-order valence-corrected chi connectivity index (χ3v) is 5.80. The Kier molecular flexibility index (Phi) is 4.71. The van der Waals surface area contributed by atoms with Crippen molar-refractivity contribution in [3.63, 3.8) is 0 Å². The van der Waals surface area contributed by atoms with Gasteiger partial charge >= 0.3 is 0 Å². The highest BCUT2D eigenvalue weighted by atomic mass is 35.5. The highest BCUT2D eigenvalue weighted by molar-refractivity contribution is 7.89. The minimum Gasteiger partial charge on any atom is -0.486 e. The molecule has 3 rings (SSSR count). The fraction of sp³-hybridized carbons (Fsp3) is 0.294. The molecule has 0 aliphatic carbocycles. The number of rotatable bonds is 4. The molecule has 24 heavy (non-hydrogen) atoms. The molecule has 1 heterocycles. The predicted molar refractivity (Wildman–Crippen MR) is 92.4 cm³/mol. The van der Waals surface area contributed by atoms with Crippen LogP contribution in [0.4, 0.5) is 0 Å². The summed E-state index contributed by atoms with van der Waals surface area (Å²) >= 11 is 6.03. The fourth-order valence-electron chi connectivity index (χ4n) is 2.44. The first kappa shape index (κ1) is 17.1. The number of nitrogens with one attached hydrogen (secondary N) is 1. The number of aryl methyl sites for hydroxylation is 1. The van der Waals surface area contributed by atoms with Crippen LogP contribution in [0.15, 0.2) is 41.3 Å². The Labute approximate surface area is 146 Å². The number of fused-ring (bicyclic) bond motifs is 1. The van der Waals surface area contributed by atoms with Crippen molar-refractivity contribution in [1.29, 1.82) is 0 Å². The summed E-state index contributed by atoms with van der Waals surface area (Å²) in [5.74, 6) is 1.30. The molecule has 1 aliphatic rings. The van der Waals surface area contributed by atoms with Gasteiger partial charge in [0.15, 0.2) is 11.5 Å². The molecule has 7 heteroatoms. The van der Waals surface area contributed by atoms with E-state index in [0.29, 0.717) is 29.7 Å². The Balaban J connectivity index is 1.82. The minimum absolute atomic E-state index is 0.141. The van der Waals surface area contributed by atoms with Gasteiger partial charge in [0.05, 0.1) is 4.90 Å². The summed E-state index contributed by atoms with van der Waals surface area (Å²) in [5.41, 5.74) is 1.62. The molecule has 0 saturated heterocycles. The van der Waals surface area contributed by atoms with Gasteiger partial charge in [0.2, 0.25) is 10.0 Å². The molecule has 0 spiro atoms. The van der Waals surface area contributed by atoms with Crippen LogP contribution in [0.25, 0.3) is 0 Å². The maximum absolute atomic E-state index is 12.5. The van der Waals surface area contributed by atoms with Crippen LogP contribution < -0.4 is 14.2 Å². The SMILES string of the molecule is Cc1ccc(S(=O)(=O)NC(C)c2ccc3c(c2)OCCO3)cc1Cl. The lowest BCUT2D eigenvalue weighted by Crippen LogP contribution is -2.27. The lowest BCUT2D eigenvalue weighted by atomic mass is 10.1. The van der Waals surface area contributed by atoms with Crippen molar-refractivity contribution in [3.8, 4) is 11.5 Å². The molecular formula is C17H18ClNO4S. The largest absolute Gasteiger partial charge is 0.486 e. The number of sulfonamides is 1. The summed E-state index contributed by atoms with van der Waals surface area (Å²) in [6.07, 6.45) is 0. The first-order chi connectivity index (χ1) is 11.4. The molecule has 2 aromatic carbocycles. The topological polar surface area (TPSA) is 64.6 Å². The Morgan fingerprint density at radius 2 is 1.79 bits per heavy atom. The number of benzene rings is 2. The van der Waals surface area contributed by atoms with Gasteiger partial charge in [-0.05, 0) is 49.2 Å². The molecular weight excluding hydrogens is 350 g/mol. The van der Waals surface area contributed by atoms with E-state index in [1.54, 1.807) is 31.2 Å². The molecule has 1 unspecified atom stereocenters. The lowest BCUT2D eigenvalue weighted by molar-refractivity contribution is 0.171. The van der Waals surface area contributed by atoms with Crippen LogP contribution in [0.3, 0.4) is 0 Å². The summed E-state index contributed by atoms with van der Waals surface area (Å²) in [4.78, 5) is 0.141. The first-order valence-corrected chi connectivity index (χ1v) is 9.41. The van der Waals surface area contributed by atoms with E-state index >= 15 is 0 Å². The van der Waals surface area contributed by atoms with Crippen LogP contribution in [0.1, 0.15) is 24.1 Å². The first-order valence-electron chi connectivity index (χ1n) is 7.55. The number of hydrogen-bond acceptors (Lipinski definition) is 4. The second-order valence-corrected chi connectivity index (χ2v) is 7.78. The van der Waals surface area contributed by atoms with Crippen molar-refractivity contribution >= 4 is 21.6 Å². The van der Waals surface area contributed by atoms with Crippen LogP contribution in [0.5, 0.6) is 11.5 Å². The average molecular weight is 368 g/mol. The van der Waals surface area contributed by atoms with Gasteiger partial charge in [-0.3, -0.25) is 0 Å². The Morgan fingerprint density at radius 1 is 1.08 bits per heavy atom. The molecule has 0 fully saturated rings. The van der Waals surface area contributed by atoms with Gasteiger partial charge in [-0.15, -0.1) is 0 Å². The summed E-state index contributed by atoms with van der Waals surface area (Å²) in [6, 6.07) is 9.66. The molecule has 1 aliphatic heterocycles. The van der Waals surface area contributed by atoms with Gasteiger partial charge in [-0.1, -0.05) is 23.7 Å². The summed E-state index contributed by atoms with van der Waals surface area (Å²) in [6.45, 7) is 4.60. The van der Waals surface area contributed by atoms with Crippen molar-refractivity contribution in [2.24, 2.45) is 0 Å². The maximum atomic E-state index is 12.5. The van der Waals surface area contributed by atoms with Crippen molar-refractivity contribution in [1.82, 2.24) is 4.72 Å². The second kappa shape index (κ2) is 6.63. The molecule has 0 saturated carbocycles. The van der Waals surface area contributed by atoms with Gasteiger partial charge in [-0.25, -0.2) is 13.1 Å². The van der Waals surface area contributed by atoms with E-state index in [0.717, 1.165) is 11.1 Å².